The average molecular weight is 227 g/mol. The molecule has 94 valence electrons. The number of carbonyl (C=O) groups is 1. The van der Waals surface area contributed by atoms with Crippen LogP contribution in [0.25, 0.3) is 0 Å². The second-order valence-electron chi connectivity index (χ2n) is 4.76. The smallest absolute Gasteiger partial charge is 0.123 e. The quantitative estimate of drug-likeness (QED) is 0.657. The van der Waals surface area contributed by atoms with Crippen molar-refractivity contribution in [2.45, 2.75) is 25.3 Å². The molecule has 0 radical (unpaired) electrons. The van der Waals surface area contributed by atoms with Crippen molar-refractivity contribution in [3.05, 3.63) is 0 Å². The Labute approximate surface area is 98.8 Å². The minimum Gasteiger partial charge on any atom is -0.316 e. The normalized spacial score (nSPS) is 27.2. The van der Waals surface area contributed by atoms with Crippen LogP contribution in [0.2, 0.25) is 0 Å². The summed E-state index contributed by atoms with van der Waals surface area (Å²) in [5.74, 6) is 0.348. The van der Waals surface area contributed by atoms with Gasteiger partial charge in [-0.3, -0.25) is 0 Å². The first-order valence-electron chi connectivity index (χ1n) is 6.28. The van der Waals surface area contributed by atoms with Gasteiger partial charge in [0.05, 0.1) is 0 Å². The predicted molar refractivity (Wildman–Crippen MR) is 66.6 cm³/mol. The summed E-state index contributed by atoms with van der Waals surface area (Å²) in [6.07, 6.45) is 4.49. The maximum Gasteiger partial charge on any atom is 0.123 e. The molecular weight excluding hydrogens is 202 g/mol. The number of nitrogens with one attached hydrogen (secondary N) is 2. The Morgan fingerprint density at radius 1 is 1.31 bits per heavy atom. The van der Waals surface area contributed by atoms with E-state index in [-0.39, 0.29) is 0 Å². The predicted octanol–water partition coefficient (Wildman–Crippen LogP) is 0.0948. The molecule has 16 heavy (non-hydrogen) atoms. The van der Waals surface area contributed by atoms with Crippen molar-refractivity contribution in [1.82, 2.24) is 15.5 Å². The SMILES string of the molecule is CN1CCC(C=O)CC1.CNC1CCNC1. The van der Waals surface area contributed by atoms with E-state index < -0.39 is 0 Å². The van der Waals surface area contributed by atoms with Crippen molar-refractivity contribution in [2.24, 2.45) is 5.92 Å². The minimum atomic E-state index is 0.348. The van der Waals surface area contributed by atoms with Crippen LogP contribution in [0.4, 0.5) is 0 Å². The van der Waals surface area contributed by atoms with Crippen molar-refractivity contribution < 1.29 is 4.79 Å². The first-order valence-corrected chi connectivity index (χ1v) is 6.28. The Hall–Kier alpha value is -0.450. The molecule has 2 fully saturated rings. The molecule has 1 atom stereocenters. The lowest BCUT2D eigenvalue weighted by Crippen LogP contribution is -2.30. The molecule has 0 amide bonds. The molecule has 2 saturated heterocycles. The van der Waals surface area contributed by atoms with Gasteiger partial charge >= 0.3 is 0 Å². The number of hydrogen-bond donors (Lipinski definition) is 2. The highest BCUT2D eigenvalue weighted by Crippen LogP contribution is 2.12. The molecule has 2 rings (SSSR count). The minimum absolute atomic E-state index is 0.348. The van der Waals surface area contributed by atoms with E-state index in [1.165, 1.54) is 13.0 Å². The zero-order chi connectivity index (χ0) is 11.8. The number of likely N-dealkylation sites (tertiary alicyclic amines) is 1. The highest BCUT2D eigenvalue weighted by molar-refractivity contribution is 5.53. The highest BCUT2D eigenvalue weighted by atomic mass is 16.1. The molecule has 0 aliphatic carbocycles. The van der Waals surface area contributed by atoms with Crippen LogP contribution in [-0.4, -0.2) is 57.5 Å². The van der Waals surface area contributed by atoms with Crippen LogP contribution in [0.15, 0.2) is 0 Å². The Kier molecular flexibility index (Phi) is 6.61. The third-order valence-corrected chi connectivity index (χ3v) is 3.42. The van der Waals surface area contributed by atoms with Crippen molar-refractivity contribution in [2.75, 3.05) is 40.3 Å². The van der Waals surface area contributed by atoms with Gasteiger partial charge in [-0.1, -0.05) is 0 Å². The number of aldehydes is 1. The third kappa shape index (κ3) is 5.05. The number of rotatable bonds is 2. The molecule has 2 aliphatic rings. The lowest BCUT2D eigenvalue weighted by atomic mass is 9.99. The summed E-state index contributed by atoms with van der Waals surface area (Å²) in [6, 6.07) is 0.736. The molecule has 2 aliphatic heterocycles. The van der Waals surface area contributed by atoms with Gasteiger partial charge < -0.3 is 20.3 Å². The molecule has 0 aromatic rings. The second-order valence-corrected chi connectivity index (χ2v) is 4.76. The standard InChI is InChI=1S/C7H13NO.C5H12N2/c1-8-4-2-7(6-9)3-5-8;1-6-5-2-3-7-4-5/h6-7H,2-5H2,1H3;5-7H,2-4H2,1H3. The van der Waals surface area contributed by atoms with E-state index in [9.17, 15) is 4.79 Å². The van der Waals surface area contributed by atoms with Crippen LogP contribution in [0, 0.1) is 5.92 Å². The molecule has 0 spiro atoms. The average Bonchev–Trinajstić information content (AvgIpc) is 2.84. The number of nitrogens with zero attached hydrogens (tertiary/aromatic N) is 1. The summed E-state index contributed by atoms with van der Waals surface area (Å²) in [6.45, 7) is 4.51. The zero-order valence-electron chi connectivity index (χ0n) is 10.5. The van der Waals surface area contributed by atoms with Crippen LogP contribution in [-0.2, 0) is 4.79 Å². The van der Waals surface area contributed by atoms with E-state index in [4.69, 9.17) is 0 Å². The maximum absolute atomic E-state index is 10.2. The number of likely N-dealkylation sites (N-methyl/N-ethyl adjacent to an activating group) is 1. The molecule has 1 unspecified atom stereocenters. The van der Waals surface area contributed by atoms with E-state index >= 15 is 0 Å². The van der Waals surface area contributed by atoms with Crippen LogP contribution in [0.3, 0.4) is 0 Å². The Morgan fingerprint density at radius 3 is 2.38 bits per heavy atom. The van der Waals surface area contributed by atoms with Crippen LogP contribution in [0.1, 0.15) is 19.3 Å². The molecular formula is C12H25N3O. The first kappa shape index (κ1) is 13.6. The molecule has 0 bridgehead atoms. The summed E-state index contributed by atoms with van der Waals surface area (Å²) in [5, 5.41) is 6.46. The van der Waals surface area contributed by atoms with Gasteiger partial charge in [0.2, 0.25) is 0 Å². The van der Waals surface area contributed by atoms with E-state index in [0.29, 0.717) is 5.92 Å². The van der Waals surface area contributed by atoms with Crippen LogP contribution < -0.4 is 10.6 Å². The summed E-state index contributed by atoms with van der Waals surface area (Å²) >= 11 is 0. The number of piperidine rings is 1. The maximum atomic E-state index is 10.2. The Morgan fingerprint density at radius 2 is 2.00 bits per heavy atom. The zero-order valence-corrected chi connectivity index (χ0v) is 10.5. The molecule has 2 N–H and O–H groups in total. The lowest BCUT2D eigenvalue weighted by molar-refractivity contribution is -0.112. The molecule has 2 heterocycles. The topological polar surface area (TPSA) is 44.4 Å². The largest absolute Gasteiger partial charge is 0.316 e. The summed E-state index contributed by atoms with van der Waals surface area (Å²) < 4.78 is 0. The summed E-state index contributed by atoms with van der Waals surface area (Å²) in [4.78, 5) is 12.5. The van der Waals surface area contributed by atoms with Gasteiger partial charge in [-0.2, -0.15) is 0 Å². The monoisotopic (exact) mass is 227 g/mol. The molecule has 0 saturated carbocycles. The first-order chi connectivity index (χ1) is 7.76. The molecule has 0 aromatic carbocycles. The fourth-order valence-electron chi connectivity index (χ4n) is 2.07. The molecule has 4 nitrogen and oxygen atoms in total. The van der Waals surface area contributed by atoms with Gasteiger partial charge in [0.25, 0.3) is 0 Å². The van der Waals surface area contributed by atoms with Gasteiger partial charge in [0.1, 0.15) is 6.29 Å². The third-order valence-electron chi connectivity index (χ3n) is 3.42. The summed E-state index contributed by atoms with van der Waals surface area (Å²) in [5.41, 5.74) is 0. The molecule has 4 heteroatoms. The van der Waals surface area contributed by atoms with Gasteiger partial charge in [0.15, 0.2) is 0 Å². The lowest BCUT2D eigenvalue weighted by Gasteiger charge is -2.25. The summed E-state index contributed by atoms with van der Waals surface area (Å²) in [7, 11) is 4.11. The van der Waals surface area contributed by atoms with Gasteiger partial charge in [-0.05, 0) is 53.0 Å². The number of carbonyl (C=O) groups excluding carboxylic acids is 1. The second kappa shape index (κ2) is 7.76. The van der Waals surface area contributed by atoms with Crippen LogP contribution >= 0.6 is 0 Å². The van der Waals surface area contributed by atoms with Gasteiger partial charge in [-0.15, -0.1) is 0 Å². The van der Waals surface area contributed by atoms with Crippen molar-refractivity contribution in [3.63, 3.8) is 0 Å². The van der Waals surface area contributed by atoms with E-state index in [2.05, 4.69) is 22.6 Å². The highest BCUT2D eigenvalue weighted by Gasteiger charge is 2.14. The Bertz CT molecular complexity index is 185. The van der Waals surface area contributed by atoms with E-state index in [0.717, 1.165) is 44.8 Å². The molecule has 0 aromatic heterocycles. The van der Waals surface area contributed by atoms with Gasteiger partial charge in [0, 0.05) is 18.5 Å². The number of hydrogen-bond acceptors (Lipinski definition) is 4. The van der Waals surface area contributed by atoms with Crippen LogP contribution in [0.5, 0.6) is 0 Å². The Balaban J connectivity index is 0.000000165. The van der Waals surface area contributed by atoms with Crippen molar-refractivity contribution in [1.29, 1.82) is 0 Å². The fraction of sp³-hybridized carbons (Fsp3) is 0.917. The van der Waals surface area contributed by atoms with Gasteiger partial charge in [-0.25, -0.2) is 0 Å². The fourth-order valence-corrected chi connectivity index (χ4v) is 2.07. The van der Waals surface area contributed by atoms with Crippen molar-refractivity contribution in [3.8, 4) is 0 Å². The van der Waals surface area contributed by atoms with E-state index in [1.54, 1.807) is 0 Å². The van der Waals surface area contributed by atoms with E-state index in [1.807, 2.05) is 7.05 Å². The van der Waals surface area contributed by atoms with Crippen molar-refractivity contribution >= 4 is 6.29 Å².